The summed E-state index contributed by atoms with van der Waals surface area (Å²) in [6, 6.07) is 2.69. The van der Waals surface area contributed by atoms with E-state index in [1.165, 1.54) is 23.5 Å². The number of nitrogens with one attached hydrogen (secondary N) is 1. The number of nitrogen functional groups attached to an aromatic ring is 1. The normalized spacial score (nSPS) is 20.8. The van der Waals surface area contributed by atoms with Crippen LogP contribution in [0.1, 0.15) is 31.5 Å². The van der Waals surface area contributed by atoms with Crippen molar-refractivity contribution in [3.63, 3.8) is 0 Å². The number of thioether (sulfide) groups is 2. The molecule has 4 N–H and O–H groups in total. The Labute approximate surface area is 263 Å². The van der Waals surface area contributed by atoms with Crippen molar-refractivity contribution >= 4 is 69.3 Å². The molecular weight excluding hydrogens is 631 g/mol. The fourth-order valence-electron chi connectivity index (χ4n) is 5.12. The van der Waals surface area contributed by atoms with Crippen LogP contribution in [0.15, 0.2) is 57.5 Å². The molecule has 3 aromatic heterocycles. The van der Waals surface area contributed by atoms with Crippen molar-refractivity contribution in [1.82, 2.24) is 29.2 Å². The molecule has 2 aliphatic heterocycles. The second-order valence-corrected chi connectivity index (χ2v) is 12.9. The molecule has 44 heavy (non-hydrogen) atoms. The zero-order chi connectivity index (χ0) is 30.8. The van der Waals surface area contributed by atoms with Gasteiger partial charge in [-0.2, -0.15) is 9.36 Å². The number of carboxylic acids is 1. The summed E-state index contributed by atoms with van der Waals surface area (Å²) in [5.74, 6) is -2.56. The van der Waals surface area contributed by atoms with Crippen LogP contribution in [0.5, 0.6) is 0 Å². The van der Waals surface area contributed by atoms with Crippen molar-refractivity contribution < 1.29 is 34.0 Å². The third-order valence-corrected chi connectivity index (χ3v) is 9.81. The molecule has 0 radical (unpaired) electrons. The second-order valence-electron chi connectivity index (χ2n) is 10.0. The van der Waals surface area contributed by atoms with Crippen LogP contribution in [0.4, 0.5) is 5.13 Å². The number of nitrogens with zero attached hydrogens (tertiary/aromatic N) is 7. The van der Waals surface area contributed by atoms with E-state index in [1.54, 1.807) is 22.2 Å². The van der Waals surface area contributed by atoms with Gasteiger partial charge in [-0.3, -0.25) is 14.5 Å². The third kappa shape index (κ3) is 6.01. The minimum atomic E-state index is -1.49. The van der Waals surface area contributed by atoms with E-state index in [1.807, 2.05) is 22.9 Å². The van der Waals surface area contributed by atoms with Crippen molar-refractivity contribution in [2.24, 2.45) is 5.16 Å². The van der Waals surface area contributed by atoms with E-state index in [-0.39, 0.29) is 40.8 Å². The molecular formula is C26H27N9O6S3. The summed E-state index contributed by atoms with van der Waals surface area (Å²) in [7, 11) is 0. The van der Waals surface area contributed by atoms with Gasteiger partial charge >= 0.3 is 5.65 Å². The zero-order valence-corrected chi connectivity index (χ0v) is 25.5. The van der Waals surface area contributed by atoms with E-state index < -0.39 is 29.2 Å². The molecule has 15 nitrogen and oxygen atoms in total. The van der Waals surface area contributed by atoms with E-state index >= 15 is 0 Å². The summed E-state index contributed by atoms with van der Waals surface area (Å²) >= 11 is 3.49. The first-order valence-electron chi connectivity index (χ1n) is 13.7. The quantitative estimate of drug-likeness (QED) is 0.0779. The number of oxime groups is 1. The molecule has 5 heterocycles. The maximum absolute atomic E-state index is 13.3. The highest BCUT2D eigenvalue weighted by molar-refractivity contribution is 8.02. The first-order valence-corrected chi connectivity index (χ1v) is 16.4. The summed E-state index contributed by atoms with van der Waals surface area (Å²) in [5.41, 5.74) is 6.47. The fraction of sp³-hybridized carbons (Fsp3) is 0.385. The Bertz CT molecular complexity index is 1700. The van der Waals surface area contributed by atoms with Gasteiger partial charge in [0.2, 0.25) is 11.5 Å². The number of anilines is 1. The molecule has 1 saturated heterocycles. The van der Waals surface area contributed by atoms with Crippen LogP contribution < -0.4 is 20.7 Å². The van der Waals surface area contributed by atoms with Gasteiger partial charge in [-0.15, -0.1) is 16.3 Å². The zero-order valence-electron chi connectivity index (χ0n) is 23.1. The van der Waals surface area contributed by atoms with Crippen LogP contribution in [0, 0.1) is 0 Å². The number of fused-ring (bicyclic) bond motifs is 2. The van der Waals surface area contributed by atoms with E-state index in [2.05, 4.69) is 24.9 Å². The third-order valence-electron chi connectivity index (χ3n) is 7.24. The summed E-state index contributed by atoms with van der Waals surface area (Å²) < 4.78 is 7.62. The minimum absolute atomic E-state index is 0.00915. The van der Waals surface area contributed by atoms with Gasteiger partial charge in [0.05, 0.1) is 18.3 Å². The average molecular weight is 658 g/mol. The maximum atomic E-state index is 13.3. The number of amides is 2. The van der Waals surface area contributed by atoms with Gasteiger partial charge in [0.25, 0.3) is 11.8 Å². The van der Waals surface area contributed by atoms with Gasteiger partial charge in [-0.05, 0) is 48.8 Å². The predicted molar refractivity (Wildman–Crippen MR) is 159 cm³/mol. The number of allylic oxidation sites excluding steroid dienone is 1. The Morgan fingerprint density at radius 3 is 2.89 bits per heavy atom. The molecule has 18 heteroatoms. The molecule has 3 aliphatic rings. The molecule has 3 aromatic rings. The molecule has 2 atom stereocenters. The van der Waals surface area contributed by atoms with Crippen molar-refractivity contribution in [2.45, 2.75) is 54.8 Å². The van der Waals surface area contributed by atoms with E-state index in [0.29, 0.717) is 17.1 Å². The van der Waals surface area contributed by atoms with Gasteiger partial charge in [0.1, 0.15) is 35.3 Å². The van der Waals surface area contributed by atoms with Gasteiger partial charge in [0, 0.05) is 23.4 Å². The molecule has 1 aliphatic carbocycles. The summed E-state index contributed by atoms with van der Waals surface area (Å²) in [6.45, 7) is 0.458. The highest BCUT2D eigenvalue weighted by Gasteiger charge is 2.53. The van der Waals surface area contributed by atoms with Crippen LogP contribution in [0.25, 0.3) is 5.65 Å². The number of carboxylic acid groups (broad SMARTS) is 1. The van der Waals surface area contributed by atoms with Gasteiger partial charge in [-0.1, -0.05) is 22.0 Å². The van der Waals surface area contributed by atoms with Crippen molar-refractivity contribution in [1.29, 1.82) is 0 Å². The molecule has 230 valence electrons. The lowest BCUT2D eigenvalue weighted by Crippen LogP contribution is -2.71. The Kier molecular flexibility index (Phi) is 8.83. The first kappa shape index (κ1) is 30.0. The standard InChI is InChI=1S/C26H27N9O6S3/c27-26-29-21(32-44-26)18(31-41-15-3-1-2-4-15)22(37)28-19-23(38)35-20(25(39)40)14(13-43-24(19)35)7-12-42-16-5-6-17-33(10-11-36)8-9-34(17)30-16/h5-9,12,15,19,24,36H,1-4,10-11,13H2,(H3-,27,28,29,32,37,39,40)/b12-7+,31-18-/t19-,24-/m1/s1. The molecule has 2 amide bonds. The maximum Gasteiger partial charge on any atom is 0.307 e. The summed E-state index contributed by atoms with van der Waals surface area (Å²) in [6.07, 6.45) is 8.74. The predicted octanol–water partition coefficient (Wildman–Crippen LogP) is -0.579. The number of imidazole rings is 1. The summed E-state index contributed by atoms with van der Waals surface area (Å²) in [5, 5.41) is 34.4. The van der Waals surface area contributed by atoms with E-state index in [0.717, 1.165) is 47.8 Å². The molecule has 6 rings (SSSR count). The fourth-order valence-corrected chi connectivity index (χ4v) is 7.53. The highest BCUT2D eigenvalue weighted by atomic mass is 32.2. The van der Waals surface area contributed by atoms with Crippen LogP contribution in [-0.4, -0.2) is 82.4 Å². The number of aliphatic carboxylic acids is 1. The van der Waals surface area contributed by atoms with Crippen molar-refractivity contribution in [3.8, 4) is 0 Å². The number of hydrogen-bond acceptors (Lipinski definition) is 14. The lowest BCUT2D eigenvalue weighted by molar-refractivity contribution is -0.672. The SMILES string of the molecule is Nc1nc(/C(=N/OC2CCCC2)C(=O)N[C@@H]2C(=O)N3C(C(=O)[O-])=C(/C=C/Sc4ccc5n(cc[n+]5CCO)n4)CS[C@H]23)ns1. The Hall–Kier alpha value is -4.00. The van der Waals surface area contributed by atoms with Gasteiger partial charge in [-0.25, -0.2) is 4.57 Å². The largest absolute Gasteiger partial charge is 0.543 e. The average Bonchev–Trinajstić information content (AvgIpc) is 3.78. The molecule has 0 unspecified atom stereocenters. The Balaban J connectivity index is 1.15. The van der Waals surface area contributed by atoms with Gasteiger partial charge in [0.15, 0.2) is 11.3 Å². The Morgan fingerprint density at radius 1 is 1.34 bits per heavy atom. The number of carbonyl (C=O) groups is 3. The number of rotatable bonds is 11. The number of aliphatic hydroxyl groups excluding tert-OH is 1. The smallest absolute Gasteiger partial charge is 0.307 e. The molecule has 0 bridgehead atoms. The topological polar surface area (TPSA) is 204 Å². The molecule has 0 spiro atoms. The Morgan fingerprint density at radius 2 is 2.16 bits per heavy atom. The molecule has 1 saturated carbocycles. The van der Waals surface area contributed by atoms with E-state index in [4.69, 9.17) is 10.6 Å². The van der Waals surface area contributed by atoms with Gasteiger partial charge < -0.3 is 30.9 Å². The van der Waals surface area contributed by atoms with Crippen molar-refractivity contribution in [2.75, 3.05) is 18.1 Å². The highest BCUT2D eigenvalue weighted by Crippen LogP contribution is 2.40. The van der Waals surface area contributed by atoms with Crippen molar-refractivity contribution in [3.05, 3.63) is 53.1 Å². The van der Waals surface area contributed by atoms with Crippen LogP contribution in [0.3, 0.4) is 0 Å². The number of nitrogens with two attached hydrogens (primary N) is 1. The number of aromatic nitrogens is 5. The lowest BCUT2D eigenvalue weighted by Gasteiger charge is -2.50. The summed E-state index contributed by atoms with van der Waals surface area (Å²) in [4.78, 5) is 49.4. The minimum Gasteiger partial charge on any atom is -0.543 e. The second kappa shape index (κ2) is 12.9. The monoisotopic (exact) mass is 657 g/mol. The van der Waals surface area contributed by atoms with Crippen LogP contribution >= 0.6 is 35.1 Å². The number of hydrogen-bond donors (Lipinski definition) is 3. The number of β-lactam (4-membered cyclic amide) rings is 1. The molecule has 0 aromatic carbocycles. The van der Waals surface area contributed by atoms with E-state index in [9.17, 15) is 24.6 Å². The van der Waals surface area contributed by atoms with Crippen LogP contribution in [0.2, 0.25) is 0 Å². The first-order chi connectivity index (χ1) is 21.3. The lowest BCUT2D eigenvalue weighted by atomic mass is 10.0. The molecule has 2 fully saturated rings. The number of carbonyl (C=O) groups excluding carboxylic acids is 3. The number of aliphatic hydroxyl groups is 1. The van der Waals surface area contributed by atoms with Crippen LogP contribution in [-0.2, 0) is 25.8 Å².